The van der Waals surface area contributed by atoms with E-state index in [-0.39, 0.29) is 10.8 Å². The van der Waals surface area contributed by atoms with Crippen molar-refractivity contribution in [1.29, 1.82) is 0 Å². The Morgan fingerprint density at radius 1 is 1.21 bits per heavy atom. The number of hydrogen-bond acceptors (Lipinski definition) is 4. The molecule has 1 saturated heterocycles. The molecule has 2 fully saturated rings. The number of hydrazone groups is 1. The Kier molecular flexibility index (Phi) is 6.55. The van der Waals surface area contributed by atoms with Gasteiger partial charge in [-0.1, -0.05) is 26.8 Å². The van der Waals surface area contributed by atoms with Crippen molar-refractivity contribution in [3.8, 4) is 0 Å². The molecule has 1 heterocycles. The van der Waals surface area contributed by atoms with Gasteiger partial charge in [0.15, 0.2) is 0 Å². The lowest BCUT2D eigenvalue weighted by atomic mass is 9.76. The maximum atomic E-state index is 12.7. The molecule has 1 aliphatic carbocycles. The number of nitrogens with zero attached hydrogens (tertiary/aromatic N) is 2. The average Bonchev–Trinajstić information content (AvgIpc) is 3.21. The quantitative estimate of drug-likeness (QED) is 0.760. The highest BCUT2D eigenvalue weighted by atomic mass is 32.2. The molecule has 1 aromatic carbocycles. The van der Waals surface area contributed by atoms with Crippen molar-refractivity contribution in [2.45, 2.75) is 57.8 Å². The van der Waals surface area contributed by atoms with Crippen LogP contribution in [0, 0.1) is 17.8 Å². The predicted octanol–water partition coefficient (Wildman–Crippen LogP) is 3.65. The molecule has 0 unspecified atom stereocenters. The van der Waals surface area contributed by atoms with Gasteiger partial charge in [0.2, 0.25) is 10.0 Å². The number of nitrogens with one attached hydrogen (secondary N) is 1. The Hall–Kier alpha value is -1.73. The summed E-state index contributed by atoms with van der Waals surface area (Å²) in [6, 6.07) is 6.24. The van der Waals surface area contributed by atoms with E-state index in [2.05, 4.69) is 31.3 Å². The van der Waals surface area contributed by atoms with E-state index in [4.69, 9.17) is 0 Å². The number of hydrogen-bond donors (Lipinski definition) is 1. The fraction of sp³-hybridized carbons (Fsp3) is 0.619. The van der Waals surface area contributed by atoms with Crippen LogP contribution in [-0.4, -0.2) is 37.4 Å². The summed E-state index contributed by atoms with van der Waals surface area (Å²) in [5, 5.41) is 4.44. The predicted molar refractivity (Wildman–Crippen MR) is 111 cm³/mol. The van der Waals surface area contributed by atoms with E-state index in [9.17, 15) is 13.2 Å². The van der Waals surface area contributed by atoms with Gasteiger partial charge in [-0.05, 0) is 62.1 Å². The highest BCUT2D eigenvalue weighted by Gasteiger charge is 2.29. The normalized spacial score (nSPS) is 25.4. The van der Waals surface area contributed by atoms with E-state index in [0.717, 1.165) is 31.4 Å². The molecule has 7 heteroatoms. The van der Waals surface area contributed by atoms with Gasteiger partial charge in [-0.15, -0.1) is 0 Å². The molecular weight excluding hydrogens is 374 g/mol. The molecule has 28 heavy (non-hydrogen) atoms. The number of carbonyl (C=O) groups excluding carboxylic acids is 1. The lowest BCUT2D eigenvalue weighted by Crippen LogP contribution is -2.31. The van der Waals surface area contributed by atoms with Crippen LogP contribution in [0.1, 0.15) is 63.2 Å². The van der Waals surface area contributed by atoms with Crippen LogP contribution in [0.15, 0.2) is 34.3 Å². The molecule has 3 rings (SSSR count). The van der Waals surface area contributed by atoms with Crippen molar-refractivity contribution in [3.05, 3.63) is 29.8 Å². The van der Waals surface area contributed by atoms with Crippen molar-refractivity contribution in [2.75, 3.05) is 13.1 Å². The lowest BCUT2D eigenvalue weighted by molar-refractivity contribution is 0.0954. The smallest absolute Gasteiger partial charge is 0.267 e. The third-order valence-corrected chi connectivity index (χ3v) is 7.76. The zero-order valence-corrected chi connectivity index (χ0v) is 17.8. The third-order valence-electron chi connectivity index (χ3n) is 5.86. The van der Waals surface area contributed by atoms with E-state index < -0.39 is 10.0 Å². The summed E-state index contributed by atoms with van der Waals surface area (Å²) in [6.07, 6.45) is 4.94. The monoisotopic (exact) mass is 405 g/mol. The summed E-state index contributed by atoms with van der Waals surface area (Å²) in [5.41, 5.74) is 4.02. The molecule has 1 amide bonds. The van der Waals surface area contributed by atoms with Crippen molar-refractivity contribution in [2.24, 2.45) is 22.9 Å². The summed E-state index contributed by atoms with van der Waals surface area (Å²) >= 11 is 0. The summed E-state index contributed by atoms with van der Waals surface area (Å²) in [6.45, 7) is 7.66. The van der Waals surface area contributed by atoms with Crippen LogP contribution in [0.2, 0.25) is 0 Å². The van der Waals surface area contributed by atoms with Crippen molar-refractivity contribution < 1.29 is 13.2 Å². The fourth-order valence-corrected chi connectivity index (χ4v) is 5.71. The first-order chi connectivity index (χ1) is 13.3. The van der Waals surface area contributed by atoms with Gasteiger partial charge in [0, 0.05) is 30.3 Å². The van der Waals surface area contributed by atoms with Gasteiger partial charge in [0.05, 0.1) is 4.90 Å². The van der Waals surface area contributed by atoms with Crippen molar-refractivity contribution in [3.63, 3.8) is 0 Å². The molecule has 0 spiro atoms. The fourth-order valence-electron chi connectivity index (χ4n) is 4.15. The topological polar surface area (TPSA) is 78.8 Å². The van der Waals surface area contributed by atoms with Crippen molar-refractivity contribution in [1.82, 2.24) is 9.73 Å². The van der Waals surface area contributed by atoms with Gasteiger partial charge in [-0.2, -0.15) is 9.41 Å². The summed E-state index contributed by atoms with van der Waals surface area (Å²) in [4.78, 5) is 12.8. The highest BCUT2D eigenvalue weighted by molar-refractivity contribution is 7.89. The first-order valence-electron chi connectivity index (χ1n) is 10.3. The van der Waals surface area contributed by atoms with E-state index in [0.29, 0.717) is 36.4 Å². The summed E-state index contributed by atoms with van der Waals surface area (Å²) in [5.74, 6) is 1.07. The van der Waals surface area contributed by atoms with Crippen LogP contribution in [0.5, 0.6) is 0 Å². The van der Waals surface area contributed by atoms with Crippen LogP contribution in [0.4, 0.5) is 0 Å². The molecule has 1 N–H and O–H groups in total. The minimum atomic E-state index is -3.54. The van der Waals surface area contributed by atoms with Gasteiger partial charge >= 0.3 is 0 Å². The maximum absolute atomic E-state index is 12.7. The average molecular weight is 406 g/mol. The second kappa shape index (κ2) is 8.74. The number of amides is 1. The summed E-state index contributed by atoms with van der Waals surface area (Å²) < 4.78 is 27.0. The number of sulfonamides is 1. The van der Waals surface area contributed by atoms with E-state index >= 15 is 0 Å². The molecule has 1 aromatic rings. The molecule has 2 aliphatic rings. The molecule has 1 saturated carbocycles. The van der Waals surface area contributed by atoms with Gasteiger partial charge < -0.3 is 0 Å². The first-order valence-corrected chi connectivity index (χ1v) is 11.7. The minimum Gasteiger partial charge on any atom is -0.267 e. The Bertz CT molecular complexity index is 842. The van der Waals surface area contributed by atoms with E-state index in [1.807, 2.05) is 0 Å². The Morgan fingerprint density at radius 2 is 1.93 bits per heavy atom. The van der Waals surface area contributed by atoms with Gasteiger partial charge in [0.25, 0.3) is 5.91 Å². The van der Waals surface area contributed by atoms with E-state index in [1.54, 1.807) is 18.2 Å². The zero-order chi connectivity index (χ0) is 20.3. The van der Waals surface area contributed by atoms with Gasteiger partial charge in [-0.3, -0.25) is 4.79 Å². The minimum absolute atomic E-state index is 0.168. The molecule has 2 atom stereocenters. The van der Waals surface area contributed by atoms with Crippen LogP contribution >= 0.6 is 0 Å². The molecule has 154 valence electrons. The van der Waals surface area contributed by atoms with Gasteiger partial charge in [-0.25, -0.2) is 13.8 Å². The van der Waals surface area contributed by atoms with Crippen LogP contribution in [0.25, 0.3) is 0 Å². The number of carbonyl (C=O) groups is 1. The SMILES string of the molecule is CC(C)[C@@H]1CC[C@@H](C)CC1=NNC(=O)c1cccc(S(=O)(=O)N2CCCC2)c1. The Morgan fingerprint density at radius 3 is 2.61 bits per heavy atom. The second-order valence-electron chi connectivity index (χ2n) is 8.42. The largest absolute Gasteiger partial charge is 0.271 e. The van der Waals surface area contributed by atoms with Crippen LogP contribution in [0.3, 0.4) is 0 Å². The first kappa shape index (κ1) is 21.0. The Balaban J connectivity index is 1.76. The Labute approximate surface area is 168 Å². The standard InChI is InChI=1S/C21H31N3O3S/c1-15(2)19-10-9-16(3)13-20(19)22-23-21(25)17-7-6-8-18(14-17)28(26,27)24-11-4-5-12-24/h6-8,14-16,19H,4-5,9-13H2,1-3H3,(H,23,25)/t16-,19+/m1/s1. The lowest BCUT2D eigenvalue weighted by Gasteiger charge is -2.30. The molecule has 0 aromatic heterocycles. The van der Waals surface area contributed by atoms with E-state index in [1.165, 1.54) is 16.8 Å². The summed E-state index contributed by atoms with van der Waals surface area (Å²) in [7, 11) is -3.54. The molecule has 0 radical (unpaired) electrons. The van der Waals surface area contributed by atoms with Crippen LogP contribution in [-0.2, 0) is 10.0 Å². The van der Waals surface area contributed by atoms with Crippen LogP contribution < -0.4 is 5.43 Å². The molecule has 0 bridgehead atoms. The van der Waals surface area contributed by atoms with Crippen molar-refractivity contribution >= 4 is 21.6 Å². The maximum Gasteiger partial charge on any atom is 0.271 e. The number of benzene rings is 1. The second-order valence-corrected chi connectivity index (χ2v) is 10.4. The molecular formula is C21H31N3O3S. The van der Waals surface area contributed by atoms with Gasteiger partial charge in [0.1, 0.15) is 0 Å². The molecule has 6 nitrogen and oxygen atoms in total. The molecule has 1 aliphatic heterocycles. The zero-order valence-electron chi connectivity index (χ0n) is 17.0. The number of rotatable bonds is 5. The highest BCUT2D eigenvalue weighted by Crippen LogP contribution is 2.31. The third kappa shape index (κ3) is 4.63.